The summed E-state index contributed by atoms with van der Waals surface area (Å²) in [6.07, 6.45) is 1.69. The van der Waals surface area contributed by atoms with Crippen LogP contribution in [0.2, 0.25) is 5.02 Å². The SMILES string of the molecule is CCOc1ccc(Cl)cc1NCc1nc[nH]c1C. The Labute approximate surface area is 111 Å². The number of halogens is 1. The van der Waals surface area contributed by atoms with Crippen LogP contribution in [0.15, 0.2) is 24.5 Å². The van der Waals surface area contributed by atoms with Gasteiger partial charge >= 0.3 is 0 Å². The molecule has 0 bridgehead atoms. The van der Waals surface area contributed by atoms with Crippen molar-refractivity contribution in [2.24, 2.45) is 0 Å². The normalized spacial score (nSPS) is 10.4. The third-order valence-corrected chi connectivity index (χ3v) is 2.86. The Morgan fingerprint density at radius 2 is 2.28 bits per heavy atom. The molecule has 1 aromatic heterocycles. The maximum Gasteiger partial charge on any atom is 0.142 e. The quantitative estimate of drug-likeness (QED) is 0.871. The van der Waals surface area contributed by atoms with Crippen molar-refractivity contribution in [3.05, 3.63) is 40.9 Å². The number of aromatic amines is 1. The van der Waals surface area contributed by atoms with Crippen LogP contribution in [-0.4, -0.2) is 16.6 Å². The van der Waals surface area contributed by atoms with Crippen LogP contribution in [0.3, 0.4) is 0 Å². The Balaban J connectivity index is 2.12. The first-order valence-corrected chi connectivity index (χ1v) is 6.23. The zero-order valence-corrected chi connectivity index (χ0v) is 11.2. The average Bonchev–Trinajstić information content (AvgIpc) is 2.75. The Morgan fingerprint density at radius 1 is 1.44 bits per heavy atom. The minimum atomic E-state index is 0.623. The van der Waals surface area contributed by atoms with Gasteiger partial charge in [0, 0.05) is 10.7 Å². The summed E-state index contributed by atoms with van der Waals surface area (Å²) in [7, 11) is 0. The van der Waals surface area contributed by atoms with E-state index in [1.54, 1.807) is 6.33 Å². The molecule has 0 unspecified atom stereocenters. The van der Waals surface area contributed by atoms with E-state index in [4.69, 9.17) is 16.3 Å². The van der Waals surface area contributed by atoms with Crippen molar-refractivity contribution >= 4 is 17.3 Å². The Hall–Kier alpha value is -1.68. The van der Waals surface area contributed by atoms with Crippen LogP contribution in [0.5, 0.6) is 5.75 Å². The number of aromatic nitrogens is 2. The maximum atomic E-state index is 5.99. The van der Waals surface area contributed by atoms with Gasteiger partial charge in [0.25, 0.3) is 0 Å². The van der Waals surface area contributed by atoms with Crippen molar-refractivity contribution in [1.29, 1.82) is 0 Å². The Kier molecular flexibility index (Phi) is 4.10. The van der Waals surface area contributed by atoms with Crippen LogP contribution in [-0.2, 0) is 6.54 Å². The largest absolute Gasteiger partial charge is 0.492 e. The van der Waals surface area contributed by atoms with E-state index in [2.05, 4.69) is 15.3 Å². The molecule has 0 aliphatic carbocycles. The molecule has 0 fully saturated rings. The van der Waals surface area contributed by atoms with Gasteiger partial charge in [-0.25, -0.2) is 4.98 Å². The predicted octanol–water partition coefficient (Wildman–Crippen LogP) is 3.38. The fourth-order valence-corrected chi connectivity index (χ4v) is 1.84. The molecule has 0 aliphatic rings. The minimum absolute atomic E-state index is 0.623. The molecule has 18 heavy (non-hydrogen) atoms. The van der Waals surface area contributed by atoms with Crippen LogP contribution in [0, 0.1) is 6.92 Å². The number of hydrogen-bond donors (Lipinski definition) is 2. The number of nitrogens with one attached hydrogen (secondary N) is 2. The molecule has 0 saturated heterocycles. The topological polar surface area (TPSA) is 49.9 Å². The highest BCUT2D eigenvalue weighted by Crippen LogP contribution is 2.28. The molecule has 1 heterocycles. The van der Waals surface area contributed by atoms with E-state index in [1.807, 2.05) is 32.0 Å². The number of rotatable bonds is 5. The highest BCUT2D eigenvalue weighted by atomic mass is 35.5. The summed E-state index contributed by atoms with van der Waals surface area (Å²) in [5.74, 6) is 0.801. The highest BCUT2D eigenvalue weighted by Gasteiger charge is 2.06. The number of anilines is 1. The zero-order chi connectivity index (χ0) is 13.0. The summed E-state index contributed by atoms with van der Waals surface area (Å²) in [5.41, 5.74) is 2.92. The molecule has 0 atom stereocenters. The van der Waals surface area contributed by atoms with Crippen LogP contribution in [0.1, 0.15) is 18.3 Å². The van der Waals surface area contributed by atoms with Gasteiger partial charge in [-0.1, -0.05) is 11.6 Å². The van der Waals surface area contributed by atoms with Gasteiger partial charge in [0.2, 0.25) is 0 Å². The van der Waals surface area contributed by atoms with E-state index in [-0.39, 0.29) is 0 Å². The first-order chi connectivity index (χ1) is 8.70. The zero-order valence-electron chi connectivity index (χ0n) is 10.5. The van der Waals surface area contributed by atoms with Gasteiger partial charge < -0.3 is 15.0 Å². The summed E-state index contributed by atoms with van der Waals surface area (Å²) in [6.45, 7) is 5.20. The van der Waals surface area contributed by atoms with Crippen molar-refractivity contribution in [1.82, 2.24) is 9.97 Å². The fourth-order valence-electron chi connectivity index (χ4n) is 1.67. The first-order valence-electron chi connectivity index (χ1n) is 5.85. The summed E-state index contributed by atoms with van der Waals surface area (Å²) in [4.78, 5) is 7.28. The lowest BCUT2D eigenvalue weighted by Crippen LogP contribution is -2.04. The van der Waals surface area contributed by atoms with Crippen molar-refractivity contribution < 1.29 is 4.74 Å². The van der Waals surface area contributed by atoms with E-state index >= 15 is 0 Å². The molecule has 2 aromatic rings. The second kappa shape index (κ2) is 5.78. The van der Waals surface area contributed by atoms with E-state index in [0.717, 1.165) is 22.8 Å². The molecular formula is C13H16ClN3O. The fraction of sp³-hybridized carbons (Fsp3) is 0.308. The first kappa shape index (κ1) is 12.8. The van der Waals surface area contributed by atoms with Crippen molar-refractivity contribution in [2.75, 3.05) is 11.9 Å². The molecule has 5 heteroatoms. The Bertz CT molecular complexity index is 525. The van der Waals surface area contributed by atoms with Crippen molar-refractivity contribution in [3.8, 4) is 5.75 Å². The van der Waals surface area contributed by atoms with E-state index < -0.39 is 0 Å². The molecule has 0 aliphatic heterocycles. The molecule has 2 rings (SSSR count). The summed E-state index contributed by atoms with van der Waals surface area (Å²) >= 11 is 5.99. The van der Waals surface area contributed by atoms with E-state index in [1.165, 1.54) is 0 Å². The van der Waals surface area contributed by atoms with Crippen LogP contribution in [0.4, 0.5) is 5.69 Å². The number of hydrogen-bond acceptors (Lipinski definition) is 3. The number of benzene rings is 1. The van der Waals surface area contributed by atoms with Crippen LogP contribution < -0.4 is 10.1 Å². The van der Waals surface area contributed by atoms with Crippen molar-refractivity contribution in [3.63, 3.8) is 0 Å². The predicted molar refractivity (Wildman–Crippen MR) is 73.3 cm³/mol. The molecule has 2 N–H and O–H groups in total. The third-order valence-electron chi connectivity index (χ3n) is 2.62. The molecule has 0 amide bonds. The smallest absolute Gasteiger partial charge is 0.142 e. The lowest BCUT2D eigenvalue weighted by atomic mass is 10.2. The monoisotopic (exact) mass is 265 g/mol. The van der Waals surface area contributed by atoms with Gasteiger partial charge in [0.1, 0.15) is 5.75 Å². The lowest BCUT2D eigenvalue weighted by Gasteiger charge is -2.12. The number of nitrogens with zero attached hydrogens (tertiary/aromatic N) is 1. The standard InChI is InChI=1S/C13H16ClN3O/c1-3-18-13-5-4-10(14)6-11(13)15-7-12-9(2)16-8-17-12/h4-6,8,15H,3,7H2,1-2H3,(H,16,17). The second-order valence-corrected chi connectivity index (χ2v) is 4.34. The number of aryl methyl sites for hydroxylation is 1. The average molecular weight is 266 g/mol. The van der Waals surface area contributed by atoms with Crippen molar-refractivity contribution in [2.45, 2.75) is 20.4 Å². The summed E-state index contributed by atoms with van der Waals surface area (Å²) in [6, 6.07) is 5.54. The van der Waals surface area contributed by atoms with Crippen LogP contribution >= 0.6 is 11.6 Å². The number of imidazole rings is 1. The van der Waals surface area contributed by atoms with Gasteiger partial charge in [-0.2, -0.15) is 0 Å². The van der Waals surface area contributed by atoms with Crippen LogP contribution in [0.25, 0.3) is 0 Å². The molecule has 1 aromatic carbocycles. The van der Waals surface area contributed by atoms with Gasteiger partial charge in [-0.3, -0.25) is 0 Å². The third kappa shape index (κ3) is 2.96. The van der Waals surface area contributed by atoms with Gasteiger partial charge in [-0.15, -0.1) is 0 Å². The van der Waals surface area contributed by atoms with Gasteiger partial charge in [0.05, 0.1) is 30.9 Å². The summed E-state index contributed by atoms with van der Waals surface area (Å²) in [5, 5.41) is 3.97. The molecular weight excluding hydrogens is 250 g/mol. The maximum absolute atomic E-state index is 5.99. The lowest BCUT2D eigenvalue weighted by molar-refractivity contribution is 0.341. The number of H-pyrrole nitrogens is 1. The van der Waals surface area contributed by atoms with Gasteiger partial charge in [0.15, 0.2) is 0 Å². The Morgan fingerprint density at radius 3 is 2.94 bits per heavy atom. The highest BCUT2D eigenvalue weighted by molar-refractivity contribution is 6.30. The van der Waals surface area contributed by atoms with Gasteiger partial charge in [-0.05, 0) is 32.0 Å². The minimum Gasteiger partial charge on any atom is -0.492 e. The summed E-state index contributed by atoms with van der Waals surface area (Å²) < 4.78 is 5.54. The van der Waals surface area contributed by atoms with E-state index in [0.29, 0.717) is 18.2 Å². The number of ether oxygens (including phenoxy) is 1. The second-order valence-electron chi connectivity index (χ2n) is 3.90. The molecule has 0 radical (unpaired) electrons. The molecule has 0 saturated carbocycles. The molecule has 96 valence electrons. The molecule has 4 nitrogen and oxygen atoms in total. The molecule has 0 spiro atoms. The van der Waals surface area contributed by atoms with E-state index in [9.17, 15) is 0 Å².